The summed E-state index contributed by atoms with van der Waals surface area (Å²) >= 11 is 1.56. The molecule has 0 radical (unpaired) electrons. The van der Waals surface area contributed by atoms with Crippen LogP contribution in [0.3, 0.4) is 0 Å². The molecule has 0 aliphatic rings. The molecule has 2 unspecified atom stereocenters. The van der Waals surface area contributed by atoms with Gasteiger partial charge in [0.05, 0.1) is 12.2 Å². The van der Waals surface area contributed by atoms with Crippen molar-refractivity contribution in [2.75, 3.05) is 12.9 Å². The molecule has 0 heterocycles. The van der Waals surface area contributed by atoms with E-state index in [0.717, 1.165) is 0 Å². The quantitative estimate of drug-likeness (QED) is 0.712. The van der Waals surface area contributed by atoms with Crippen molar-refractivity contribution in [1.29, 1.82) is 0 Å². The molecule has 106 valence electrons. The number of hydrogen-bond donors (Lipinski definition) is 3. The highest BCUT2D eigenvalue weighted by Crippen LogP contribution is 2.13. The van der Waals surface area contributed by atoms with Gasteiger partial charge in [0.1, 0.15) is 5.82 Å². The van der Waals surface area contributed by atoms with Crippen LogP contribution >= 0.6 is 11.8 Å². The Morgan fingerprint density at radius 2 is 2.21 bits per heavy atom. The monoisotopic (exact) mass is 287 g/mol. The van der Waals surface area contributed by atoms with Gasteiger partial charge in [0, 0.05) is 17.8 Å². The van der Waals surface area contributed by atoms with Crippen LogP contribution in [0.2, 0.25) is 0 Å². The highest BCUT2D eigenvalue weighted by Gasteiger charge is 2.15. The number of carboxylic acid groups (broad SMARTS) is 1. The second kappa shape index (κ2) is 7.47. The first kappa shape index (κ1) is 15.9. The Bertz CT molecular complexity index is 438. The van der Waals surface area contributed by atoms with Crippen molar-refractivity contribution in [1.82, 2.24) is 5.32 Å². The summed E-state index contributed by atoms with van der Waals surface area (Å²) < 4.78 is 13.5. The Labute approximate surface area is 116 Å². The minimum atomic E-state index is -1.27. The van der Waals surface area contributed by atoms with Crippen LogP contribution < -0.4 is 5.32 Å². The number of aliphatic hydroxyl groups is 1. The number of nitrogens with one attached hydrogen (secondary N) is 1. The zero-order chi connectivity index (χ0) is 14.4. The van der Waals surface area contributed by atoms with Crippen molar-refractivity contribution in [3.8, 4) is 0 Å². The molecule has 0 aromatic heterocycles. The van der Waals surface area contributed by atoms with E-state index in [0.29, 0.717) is 12.1 Å². The number of halogens is 1. The van der Waals surface area contributed by atoms with Crippen molar-refractivity contribution < 1.29 is 19.4 Å². The van der Waals surface area contributed by atoms with Crippen LogP contribution in [0, 0.1) is 5.82 Å². The Balaban J connectivity index is 2.64. The van der Waals surface area contributed by atoms with Gasteiger partial charge >= 0.3 is 5.97 Å². The van der Waals surface area contributed by atoms with E-state index in [2.05, 4.69) is 5.32 Å². The van der Waals surface area contributed by atoms with Gasteiger partial charge in [0.2, 0.25) is 0 Å². The molecular weight excluding hydrogens is 269 g/mol. The fourth-order valence-corrected chi connectivity index (χ4v) is 2.34. The van der Waals surface area contributed by atoms with Crippen LogP contribution in [0.5, 0.6) is 0 Å². The lowest BCUT2D eigenvalue weighted by atomic mass is 10.1. The lowest BCUT2D eigenvalue weighted by Crippen LogP contribution is -2.37. The van der Waals surface area contributed by atoms with Crippen molar-refractivity contribution in [2.24, 2.45) is 0 Å². The molecule has 1 rings (SSSR count). The fraction of sp³-hybridized carbons (Fsp3) is 0.462. The minimum absolute atomic E-state index is 0.0711. The van der Waals surface area contributed by atoms with Gasteiger partial charge in [-0.15, -0.1) is 0 Å². The number of aromatic carboxylic acids is 1. The van der Waals surface area contributed by atoms with Crippen LogP contribution in [0.1, 0.15) is 22.8 Å². The minimum Gasteiger partial charge on any atom is -0.478 e. The van der Waals surface area contributed by atoms with E-state index in [9.17, 15) is 9.18 Å². The summed E-state index contributed by atoms with van der Waals surface area (Å²) in [5.41, 5.74) is 0.348. The first-order valence-electron chi connectivity index (χ1n) is 5.88. The van der Waals surface area contributed by atoms with Gasteiger partial charge in [-0.05, 0) is 30.9 Å². The fourth-order valence-electron chi connectivity index (χ4n) is 1.69. The third-order valence-corrected chi connectivity index (χ3v) is 4.10. The molecule has 19 heavy (non-hydrogen) atoms. The molecule has 4 nitrogen and oxygen atoms in total. The predicted octanol–water partition coefficient (Wildman–Crippen LogP) is 1.73. The van der Waals surface area contributed by atoms with Crippen LogP contribution in [0.15, 0.2) is 18.2 Å². The topological polar surface area (TPSA) is 69.6 Å². The second-order valence-electron chi connectivity index (χ2n) is 4.25. The number of hydrogen-bond acceptors (Lipinski definition) is 4. The second-order valence-corrected chi connectivity index (χ2v) is 5.32. The van der Waals surface area contributed by atoms with E-state index in [1.807, 2.05) is 13.2 Å². The smallest absolute Gasteiger partial charge is 0.338 e. The molecule has 6 heteroatoms. The van der Waals surface area contributed by atoms with E-state index in [1.54, 1.807) is 17.8 Å². The van der Waals surface area contributed by atoms with Gasteiger partial charge < -0.3 is 15.5 Å². The molecule has 1 aromatic rings. The molecule has 2 atom stereocenters. The van der Waals surface area contributed by atoms with Gasteiger partial charge in [-0.2, -0.15) is 11.8 Å². The van der Waals surface area contributed by atoms with Crippen LogP contribution in [-0.4, -0.2) is 40.3 Å². The number of benzene rings is 1. The Kier molecular flexibility index (Phi) is 6.27. The highest BCUT2D eigenvalue weighted by molar-refractivity contribution is 7.99. The van der Waals surface area contributed by atoms with Gasteiger partial charge in [-0.25, -0.2) is 9.18 Å². The van der Waals surface area contributed by atoms with Crippen molar-refractivity contribution >= 4 is 17.7 Å². The van der Waals surface area contributed by atoms with Crippen LogP contribution in [0.25, 0.3) is 0 Å². The van der Waals surface area contributed by atoms with Gasteiger partial charge in [0.15, 0.2) is 0 Å². The maximum absolute atomic E-state index is 13.5. The average molecular weight is 287 g/mol. The molecule has 0 saturated carbocycles. The molecule has 0 spiro atoms. The third-order valence-electron chi connectivity index (χ3n) is 2.93. The van der Waals surface area contributed by atoms with Crippen LogP contribution in [-0.2, 0) is 6.54 Å². The van der Waals surface area contributed by atoms with Gasteiger partial charge in [0.25, 0.3) is 0 Å². The molecule has 0 fully saturated rings. The maximum atomic E-state index is 13.5. The van der Waals surface area contributed by atoms with E-state index in [4.69, 9.17) is 10.2 Å². The van der Waals surface area contributed by atoms with E-state index in [-0.39, 0.29) is 23.5 Å². The summed E-state index contributed by atoms with van der Waals surface area (Å²) in [6, 6.07) is 4.13. The summed E-state index contributed by atoms with van der Waals surface area (Å²) in [4.78, 5) is 10.7. The normalized spacial score (nSPS) is 14.1. The Hall–Kier alpha value is -1.11. The van der Waals surface area contributed by atoms with E-state index in [1.165, 1.54) is 12.1 Å². The molecular formula is C13H18FNO3S. The van der Waals surface area contributed by atoms with E-state index < -0.39 is 11.8 Å². The Morgan fingerprint density at radius 1 is 1.53 bits per heavy atom. The third kappa shape index (κ3) is 4.49. The summed E-state index contributed by atoms with van der Waals surface area (Å²) in [5, 5.41) is 21.1. The number of carbonyl (C=O) groups is 1. The predicted molar refractivity (Wildman–Crippen MR) is 74.0 cm³/mol. The maximum Gasteiger partial charge on any atom is 0.338 e. The summed E-state index contributed by atoms with van der Waals surface area (Å²) in [5.74, 6) is -2.00. The molecule has 0 aliphatic carbocycles. The Morgan fingerprint density at radius 3 is 2.68 bits per heavy atom. The molecule has 0 aliphatic heterocycles. The largest absolute Gasteiger partial charge is 0.478 e. The lowest BCUT2D eigenvalue weighted by Gasteiger charge is -2.21. The zero-order valence-electron chi connectivity index (χ0n) is 10.9. The molecule has 0 saturated heterocycles. The van der Waals surface area contributed by atoms with Crippen LogP contribution in [0.4, 0.5) is 4.39 Å². The summed E-state index contributed by atoms with van der Waals surface area (Å²) in [6.45, 7) is 2.44. The highest BCUT2D eigenvalue weighted by atomic mass is 32.2. The number of carboxylic acids is 1. The standard InChI is InChI=1S/C13H18FNO3S/c1-8(12(7-16)19-2)15-6-9-3-4-10(13(17)18)11(14)5-9/h3-5,8,12,15-16H,6-7H2,1-2H3,(H,17,18). The lowest BCUT2D eigenvalue weighted by molar-refractivity contribution is 0.0692. The SMILES string of the molecule is CSC(CO)C(C)NCc1ccc(C(=O)O)c(F)c1. The summed E-state index contributed by atoms with van der Waals surface area (Å²) in [7, 11) is 0. The van der Waals surface area contributed by atoms with Crippen molar-refractivity contribution in [2.45, 2.75) is 24.8 Å². The number of thioether (sulfide) groups is 1. The molecule has 1 aromatic carbocycles. The zero-order valence-corrected chi connectivity index (χ0v) is 11.7. The van der Waals surface area contributed by atoms with Crippen molar-refractivity contribution in [3.05, 3.63) is 35.1 Å². The van der Waals surface area contributed by atoms with E-state index >= 15 is 0 Å². The average Bonchev–Trinajstić information content (AvgIpc) is 2.37. The van der Waals surface area contributed by atoms with Crippen molar-refractivity contribution in [3.63, 3.8) is 0 Å². The molecule has 3 N–H and O–H groups in total. The first-order valence-corrected chi connectivity index (χ1v) is 7.17. The number of rotatable bonds is 7. The first-order chi connectivity index (χ1) is 8.99. The molecule has 0 bridgehead atoms. The summed E-state index contributed by atoms with van der Waals surface area (Å²) in [6.07, 6.45) is 1.92. The van der Waals surface area contributed by atoms with Gasteiger partial charge in [-0.3, -0.25) is 0 Å². The number of aliphatic hydroxyl groups excluding tert-OH is 1. The van der Waals surface area contributed by atoms with Gasteiger partial charge in [-0.1, -0.05) is 6.07 Å². The molecule has 0 amide bonds.